The predicted molar refractivity (Wildman–Crippen MR) is 99.4 cm³/mol. The van der Waals surface area contributed by atoms with Crippen molar-refractivity contribution in [1.29, 1.82) is 5.26 Å². The van der Waals surface area contributed by atoms with Crippen LogP contribution in [0.15, 0.2) is 70.9 Å². The van der Waals surface area contributed by atoms with Gasteiger partial charge in [0.25, 0.3) is 5.91 Å². The van der Waals surface area contributed by atoms with Crippen LogP contribution in [0.25, 0.3) is 0 Å². The number of thiophene rings is 1. The molecule has 2 aromatic carbocycles. The van der Waals surface area contributed by atoms with E-state index in [-0.39, 0.29) is 5.91 Å². The SMILES string of the molecule is N#Cc1cccc(NC(=O)c2ccccc2SCc2cccs2)c1. The Morgan fingerprint density at radius 1 is 1.12 bits per heavy atom. The second-order valence-electron chi connectivity index (χ2n) is 5.01. The summed E-state index contributed by atoms with van der Waals surface area (Å²) in [6.07, 6.45) is 0. The molecule has 1 amide bonds. The fourth-order valence-corrected chi connectivity index (χ4v) is 4.01. The lowest BCUT2D eigenvalue weighted by molar-refractivity contribution is 0.102. The van der Waals surface area contributed by atoms with Crippen molar-refractivity contribution in [3.8, 4) is 6.07 Å². The number of carbonyl (C=O) groups is 1. The van der Waals surface area contributed by atoms with Gasteiger partial charge in [-0.2, -0.15) is 5.26 Å². The van der Waals surface area contributed by atoms with Crippen LogP contribution in [0.1, 0.15) is 20.8 Å². The van der Waals surface area contributed by atoms with Crippen LogP contribution in [0, 0.1) is 11.3 Å². The fraction of sp³-hybridized carbons (Fsp3) is 0.0526. The van der Waals surface area contributed by atoms with Gasteiger partial charge in [0.05, 0.1) is 17.2 Å². The van der Waals surface area contributed by atoms with Crippen molar-refractivity contribution >= 4 is 34.7 Å². The molecular weight excluding hydrogens is 336 g/mol. The standard InChI is InChI=1S/C19H14N2OS2/c20-12-14-5-3-6-15(11-14)21-19(22)17-8-1-2-9-18(17)24-13-16-7-4-10-23-16/h1-11H,13H2,(H,21,22). The first-order valence-electron chi connectivity index (χ1n) is 7.32. The second kappa shape index (κ2) is 7.82. The zero-order valence-electron chi connectivity index (χ0n) is 12.7. The number of thioether (sulfide) groups is 1. The van der Waals surface area contributed by atoms with E-state index >= 15 is 0 Å². The van der Waals surface area contributed by atoms with Gasteiger partial charge in [0, 0.05) is 21.2 Å². The molecule has 5 heteroatoms. The number of benzene rings is 2. The van der Waals surface area contributed by atoms with Crippen molar-refractivity contribution in [2.24, 2.45) is 0 Å². The minimum atomic E-state index is -0.167. The third kappa shape index (κ3) is 4.05. The molecule has 1 heterocycles. The van der Waals surface area contributed by atoms with Gasteiger partial charge in [0.15, 0.2) is 0 Å². The number of anilines is 1. The van der Waals surface area contributed by atoms with E-state index < -0.39 is 0 Å². The van der Waals surface area contributed by atoms with Gasteiger partial charge in [0.1, 0.15) is 0 Å². The summed E-state index contributed by atoms with van der Waals surface area (Å²) in [4.78, 5) is 14.8. The van der Waals surface area contributed by atoms with Crippen LogP contribution < -0.4 is 5.32 Å². The number of nitrogens with one attached hydrogen (secondary N) is 1. The largest absolute Gasteiger partial charge is 0.322 e. The molecule has 118 valence electrons. The third-order valence-electron chi connectivity index (χ3n) is 3.33. The van der Waals surface area contributed by atoms with E-state index in [0.29, 0.717) is 16.8 Å². The van der Waals surface area contributed by atoms with E-state index in [1.54, 1.807) is 47.4 Å². The molecule has 0 radical (unpaired) electrons. The molecule has 0 fully saturated rings. The van der Waals surface area contributed by atoms with Gasteiger partial charge in [-0.15, -0.1) is 23.1 Å². The average molecular weight is 350 g/mol. The highest BCUT2D eigenvalue weighted by Crippen LogP contribution is 2.28. The Balaban J connectivity index is 1.75. The van der Waals surface area contributed by atoms with Crippen molar-refractivity contribution in [2.75, 3.05) is 5.32 Å². The maximum Gasteiger partial charge on any atom is 0.256 e. The molecule has 0 saturated heterocycles. The third-order valence-corrected chi connectivity index (χ3v) is 5.51. The highest BCUT2D eigenvalue weighted by molar-refractivity contribution is 7.98. The molecule has 24 heavy (non-hydrogen) atoms. The molecule has 0 saturated carbocycles. The summed E-state index contributed by atoms with van der Waals surface area (Å²) in [6.45, 7) is 0. The van der Waals surface area contributed by atoms with Crippen molar-refractivity contribution < 1.29 is 4.79 Å². The number of nitrogens with zero attached hydrogens (tertiary/aromatic N) is 1. The molecular formula is C19H14N2OS2. The smallest absolute Gasteiger partial charge is 0.256 e. The van der Waals surface area contributed by atoms with Gasteiger partial charge in [-0.05, 0) is 41.8 Å². The van der Waals surface area contributed by atoms with Crippen LogP contribution >= 0.6 is 23.1 Å². The number of hydrogen-bond donors (Lipinski definition) is 1. The molecule has 0 spiro atoms. The number of nitriles is 1. The Morgan fingerprint density at radius 3 is 2.79 bits per heavy atom. The number of hydrogen-bond acceptors (Lipinski definition) is 4. The highest BCUT2D eigenvalue weighted by Gasteiger charge is 2.12. The molecule has 0 aliphatic heterocycles. The fourth-order valence-electron chi connectivity index (χ4n) is 2.19. The monoisotopic (exact) mass is 350 g/mol. The highest BCUT2D eigenvalue weighted by atomic mass is 32.2. The topological polar surface area (TPSA) is 52.9 Å². The lowest BCUT2D eigenvalue weighted by Crippen LogP contribution is -2.13. The Morgan fingerprint density at radius 2 is 2.00 bits per heavy atom. The Hall–Kier alpha value is -2.55. The quantitative estimate of drug-likeness (QED) is 0.646. The first kappa shape index (κ1) is 16.3. The molecule has 0 aliphatic rings. The van der Waals surface area contributed by atoms with Crippen LogP contribution in [-0.2, 0) is 5.75 Å². The van der Waals surface area contributed by atoms with E-state index in [4.69, 9.17) is 5.26 Å². The summed E-state index contributed by atoms with van der Waals surface area (Å²) in [5.74, 6) is 0.672. The van der Waals surface area contributed by atoms with E-state index in [2.05, 4.69) is 22.8 Å². The van der Waals surface area contributed by atoms with Crippen LogP contribution in [-0.4, -0.2) is 5.91 Å². The van der Waals surface area contributed by atoms with Crippen LogP contribution in [0.4, 0.5) is 5.69 Å². The zero-order valence-corrected chi connectivity index (χ0v) is 14.4. The minimum absolute atomic E-state index is 0.167. The first-order chi connectivity index (χ1) is 11.8. The van der Waals surface area contributed by atoms with E-state index in [1.807, 2.05) is 30.3 Å². The molecule has 1 N–H and O–H groups in total. The molecule has 3 nitrogen and oxygen atoms in total. The molecule has 1 aromatic heterocycles. The van der Waals surface area contributed by atoms with Gasteiger partial charge < -0.3 is 5.32 Å². The summed E-state index contributed by atoms with van der Waals surface area (Å²) < 4.78 is 0. The summed E-state index contributed by atoms with van der Waals surface area (Å²) in [6, 6.07) is 20.7. The molecule has 0 unspecified atom stereocenters. The van der Waals surface area contributed by atoms with Crippen LogP contribution in [0.5, 0.6) is 0 Å². The maximum atomic E-state index is 12.6. The molecule has 3 rings (SSSR count). The van der Waals surface area contributed by atoms with Crippen LogP contribution in [0.3, 0.4) is 0 Å². The Bertz CT molecular complexity index is 882. The lowest BCUT2D eigenvalue weighted by atomic mass is 10.2. The van der Waals surface area contributed by atoms with Crippen molar-refractivity contribution in [1.82, 2.24) is 0 Å². The molecule has 0 bridgehead atoms. The molecule has 0 atom stereocenters. The molecule has 3 aromatic rings. The van der Waals surface area contributed by atoms with Crippen molar-refractivity contribution in [3.63, 3.8) is 0 Å². The average Bonchev–Trinajstić information content (AvgIpc) is 3.14. The Labute approximate surface area is 149 Å². The zero-order chi connectivity index (χ0) is 16.8. The van der Waals surface area contributed by atoms with Gasteiger partial charge in [-0.1, -0.05) is 24.3 Å². The normalized spacial score (nSPS) is 10.1. The maximum absolute atomic E-state index is 12.6. The van der Waals surface area contributed by atoms with E-state index in [9.17, 15) is 4.79 Å². The van der Waals surface area contributed by atoms with E-state index in [1.165, 1.54) is 4.88 Å². The van der Waals surface area contributed by atoms with Crippen molar-refractivity contribution in [3.05, 3.63) is 82.0 Å². The summed E-state index contributed by atoms with van der Waals surface area (Å²) in [5, 5.41) is 13.9. The van der Waals surface area contributed by atoms with Gasteiger partial charge >= 0.3 is 0 Å². The van der Waals surface area contributed by atoms with Gasteiger partial charge in [-0.25, -0.2) is 0 Å². The summed E-state index contributed by atoms with van der Waals surface area (Å²) >= 11 is 3.36. The molecule has 0 aliphatic carbocycles. The number of carbonyl (C=O) groups excluding carboxylic acids is 1. The van der Waals surface area contributed by atoms with E-state index in [0.717, 1.165) is 10.6 Å². The van der Waals surface area contributed by atoms with Gasteiger partial charge in [-0.3, -0.25) is 4.79 Å². The summed E-state index contributed by atoms with van der Waals surface area (Å²) in [7, 11) is 0. The van der Waals surface area contributed by atoms with Crippen LogP contribution in [0.2, 0.25) is 0 Å². The number of rotatable bonds is 5. The predicted octanol–water partition coefficient (Wildman–Crippen LogP) is 5.16. The van der Waals surface area contributed by atoms with Crippen molar-refractivity contribution in [2.45, 2.75) is 10.6 Å². The number of amides is 1. The summed E-state index contributed by atoms with van der Waals surface area (Å²) in [5.41, 5.74) is 1.78. The minimum Gasteiger partial charge on any atom is -0.322 e. The lowest BCUT2D eigenvalue weighted by Gasteiger charge is -2.10. The Kier molecular flexibility index (Phi) is 5.32. The second-order valence-corrected chi connectivity index (χ2v) is 7.06. The first-order valence-corrected chi connectivity index (χ1v) is 9.18. The van der Waals surface area contributed by atoms with Gasteiger partial charge in [0.2, 0.25) is 0 Å².